The predicted octanol–water partition coefficient (Wildman–Crippen LogP) is 5.04. The van der Waals surface area contributed by atoms with Crippen molar-refractivity contribution in [1.82, 2.24) is 4.90 Å². The number of hydrogen-bond donors (Lipinski definition) is 1. The van der Waals surface area contributed by atoms with E-state index in [-0.39, 0.29) is 5.76 Å². The highest BCUT2D eigenvalue weighted by atomic mass is 35.5. The number of nitrogens with one attached hydrogen (secondary N) is 1. The molecule has 1 saturated heterocycles. The molecule has 9 heteroatoms. The molecule has 1 aromatic heterocycles. The Kier molecular flexibility index (Phi) is 6.93. The fourth-order valence-corrected chi connectivity index (χ4v) is 4.08. The Bertz CT molecular complexity index is 1190. The van der Waals surface area contributed by atoms with Crippen LogP contribution in [-0.4, -0.2) is 57.1 Å². The van der Waals surface area contributed by atoms with Crippen molar-refractivity contribution >= 4 is 46.5 Å². The molecule has 1 N–H and O–H groups in total. The van der Waals surface area contributed by atoms with Crippen molar-refractivity contribution in [2.75, 3.05) is 50.6 Å². The van der Waals surface area contributed by atoms with Gasteiger partial charge in [-0.05, 0) is 49.5 Å². The molecule has 0 radical (unpaired) electrons. The molecule has 1 fully saturated rings. The first-order valence-electron chi connectivity index (χ1n) is 10.4. The molecule has 7 nitrogen and oxygen atoms in total. The van der Waals surface area contributed by atoms with Crippen LogP contribution in [0.25, 0.3) is 11.3 Å². The summed E-state index contributed by atoms with van der Waals surface area (Å²) >= 11 is 12.4. The van der Waals surface area contributed by atoms with Gasteiger partial charge in [-0.1, -0.05) is 29.3 Å². The van der Waals surface area contributed by atoms with Crippen molar-refractivity contribution in [1.29, 1.82) is 0 Å². The third kappa shape index (κ3) is 5.00. The summed E-state index contributed by atoms with van der Waals surface area (Å²) in [6.45, 7) is 3.40. The molecular formula is C24H23Cl2N3O4. The summed E-state index contributed by atoms with van der Waals surface area (Å²) in [7, 11) is 3.39. The standard InChI is InChI=1S/C24H23Cl2N3O4/c1-28-10-12-29(13-11-28)19-7-6-15(24(31)32-2)14-18(19)27-23(30)21-9-8-20(33-21)16-4-3-5-17(25)22(16)26/h3-9,14H,10-13H2,1-2H3,(H,27,30). The van der Waals surface area contributed by atoms with Gasteiger partial charge in [0.2, 0.25) is 0 Å². The zero-order valence-electron chi connectivity index (χ0n) is 18.2. The van der Waals surface area contributed by atoms with Crippen LogP contribution in [0.15, 0.2) is 52.9 Å². The normalized spacial score (nSPS) is 14.2. The number of methoxy groups -OCH3 is 1. The third-order valence-electron chi connectivity index (χ3n) is 5.56. The minimum Gasteiger partial charge on any atom is -0.465 e. The van der Waals surface area contributed by atoms with E-state index in [0.29, 0.717) is 32.6 Å². The molecule has 3 aromatic rings. The molecule has 0 saturated carbocycles. The van der Waals surface area contributed by atoms with Crippen LogP contribution in [0.1, 0.15) is 20.9 Å². The minimum absolute atomic E-state index is 0.105. The average molecular weight is 488 g/mol. The van der Waals surface area contributed by atoms with Gasteiger partial charge in [0.1, 0.15) is 5.76 Å². The van der Waals surface area contributed by atoms with Crippen molar-refractivity contribution in [3.8, 4) is 11.3 Å². The lowest BCUT2D eigenvalue weighted by Crippen LogP contribution is -2.44. The molecule has 0 aliphatic carbocycles. The van der Waals surface area contributed by atoms with Crippen LogP contribution in [0.5, 0.6) is 0 Å². The number of nitrogens with zero attached hydrogens (tertiary/aromatic N) is 2. The van der Waals surface area contributed by atoms with Gasteiger partial charge in [-0.2, -0.15) is 0 Å². The lowest BCUT2D eigenvalue weighted by molar-refractivity contribution is 0.0600. The molecule has 172 valence electrons. The van der Waals surface area contributed by atoms with Crippen molar-refractivity contribution in [3.63, 3.8) is 0 Å². The molecule has 1 amide bonds. The quantitative estimate of drug-likeness (QED) is 0.507. The summed E-state index contributed by atoms with van der Waals surface area (Å²) < 4.78 is 10.6. The summed E-state index contributed by atoms with van der Waals surface area (Å²) in [6, 6.07) is 13.6. The van der Waals surface area contributed by atoms with Crippen molar-refractivity contribution < 1.29 is 18.7 Å². The number of benzene rings is 2. The zero-order valence-corrected chi connectivity index (χ0v) is 19.7. The number of halogens is 2. The fourth-order valence-electron chi connectivity index (χ4n) is 3.69. The number of esters is 1. The molecule has 0 unspecified atom stereocenters. The number of furan rings is 1. The van der Waals surface area contributed by atoms with Crippen LogP contribution in [0.4, 0.5) is 11.4 Å². The van der Waals surface area contributed by atoms with E-state index >= 15 is 0 Å². The Morgan fingerprint density at radius 1 is 1.03 bits per heavy atom. The number of hydrogen-bond acceptors (Lipinski definition) is 6. The van der Waals surface area contributed by atoms with Gasteiger partial charge >= 0.3 is 5.97 Å². The summed E-state index contributed by atoms with van der Waals surface area (Å²) in [4.78, 5) is 29.5. The molecule has 1 aliphatic rings. The van der Waals surface area contributed by atoms with Gasteiger partial charge in [-0.15, -0.1) is 0 Å². The summed E-state index contributed by atoms with van der Waals surface area (Å²) in [5.41, 5.74) is 2.27. The number of carbonyl (C=O) groups is 2. The van der Waals surface area contributed by atoms with E-state index in [1.54, 1.807) is 42.5 Å². The van der Waals surface area contributed by atoms with Crippen LogP contribution in [0, 0.1) is 0 Å². The maximum Gasteiger partial charge on any atom is 0.337 e. The molecule has 1 aliphatic heterocycles. The molecule has 0 spiro atoms. The van der Waals surface area contributed by atoms with Gasteiger partial charge in [0.25, 0.3) is 5.91 Å². The van der Waals surface area contributed by atoms with Crippen LogP contribution in [0.3, 0.4) is 0 Å². The van der Waals surface area contributed by atoms with Crippen molar-refractivity contribution in [2.45, 2.75) is 0 Å². The summed E-state index contributed by atoms with van der Waals surface area (Å²) in [6.07, 6.45) is 0. The fraction of sp³-hybridized carbons (Fsp3) is 0.250. The van der Waals surface area contributed by atoms with E-state index in [2.05, 4.69) is 22.2 Å². The highest BCUT2D eigenvalue weighted by Gasteiger charge is 2.22. The van der Waals surface area contributed by atoms with E-state index in [9.17, 15) is 9.59 Å². The van der Waals surface area contributed by atoms with E-state index in [0.717, 1.165) is 31.9 Å². The number of ether oxygens (including phenoxy) is 1. The van der Waals surface area contributed by atoms with Crippen LogP contribution >= 0.6 is 23.2 Å². The second-order valence-corrected chi connectivity index (χ2v) is 8.52. The van der Waals surface area contributed by atoms with Crippen LogP contribution in [0.2, 0.25) is 10.0 Å². The Labute approximate surface area is 201 Å². The molecule has 4 rings (SSSR count). The number of rotatable bonds is 5. The number of likely N-dealkylation sites (N-methyl/N-ethyl adjacent to an activating group) is 1. The first-order chi connectivity index (χ1) is 15.9. The van der Waals surface area contributed by atoms with Gasteiger partial charge in [0.05, 0.1) is 34.1 Å². The number of carbonyl (C=O) groups excluding carboxylic acids is 2. The minimum atomic E-state index is -0.480. The lowest BCUT2D eigenvalue weighted by Gasteiger charge is -2.35. The Hall–Kier alpha value is -3.00. The third-order valence-corrected chi connectivity index (χ3v) is 6.38. The molecule has 0 atom stereocenters. The van der Waals surface area contributed by atoms with E-state index in [4.69, 9.17) is 32.4 Å². The summed E-state index contributed by atoms with van der Waals surface area (Å²) in [5, 5.41) is 3.64. The average Bonchev–Trinajstić information content (AvgIpc) is 3.31. The first kappa shape index (κ1) is 23.2. The van der Waals surface area contributed by atoms with Crippen LogP contribution in [-0.2, 0) is 4.74 Å². The first-order valence-corrected chi connectivity index (χ1v) is 11.1. The van der Waals surface area contributed by atoms with Gasteiger partial charge in [-0.25, -0.2) is 4.79 Å². The SMILES string of the molecule is COC(=O)c1ccc(N2CCN(C)CC2)c(NC(=O)c2ccc(-c3cccc(Cl)c3Cl)o2)c1. The van der Waals surface area contributed by atoms with Gasteiger partial charge in [-0.3, -0.25) is 4.79 Å². The Balaban J connectivity index is 1.62. The lowest BCUT2D eigenvalue weighted by atomic mass is 10.1. The van der Waals surface area contributed by atoms with Crippen molar-refractivity contribution in [2.24, 2.45) is 0 Å². The predicted molar refractivity (Wildman–Crippen MR) is 130 cm³/mol. The maximum absolute atomic E-state index is 13.0. The molecule has 2 heterocycles. The smallest absolute Gasteiger partial charge is 0.337 e. The maximum atomic E-state index is 13.0. The van der Waals surface area contributed by atoms with Crippen molar-refractivity contribution in [3.05, 3.63) is 69.9 Å². The van der Waals surface area contributed by atoms with Crippen LogP contribution < -0.4 is 10.2 Å². The van der Waals surface area contributed by atoms with E-state index in [1.165, 1.54) is 7.11 Å². The molecule has 2 aromatic carbocycles. The van der Waals surface area contributed by atoms with Gasteiger partial charge in [0.15, 0.2) is 5.76 Å². The highest BCUT2D eigenvalue weighted by molar-refractivity contribution is 6.43. The van der Waals surface area contributed by atoms with E-state index < -0.39 is 11.9 Å². The molecular weight excluding hydrogens is 465 g/mol. The largest absolute Gasteiger partial charge is 0.465 e. The van der Waals surface area contributed by atoms with E-state index in [1.807, 2.05) is 6.07 Å². The Morgan fingerprint density at radius 2 is 1.79 bits per heavy atom. The van der Waals surface area contributed by atoms with Gasteiger partial charge < -0.3 is 24.3 Å². The monoisotopic (exact) mass is 487 g/mol. The molecule has 0 bridgehead atoms. The number of anilines is 2. The second kappa shape index (κ2) is 9.87. The summed E-state index contributed by atoms with van der Waals surface area (Å²) in [5.74, 6) is -0.396. The topological polar surface area (TPSA) is 75.0 Å². The molecule has 33 heavy (non-hydrogen) atoms. The Morgan fingerprint density at radius 3 is 2.52 bits per heavy atom. The highest BCUT2D eigenvalue weighted by Crippen LogP contribution is 2.35. The zero-order chi connectivity index (χ0) is 23.5. The second-order valence-electron chi connectivity index (χ2n) is 7.73. The number of piperazine rings is 1. The number of amides is 1. The van der Waals surface area contributed by atoms with Gasteiger partial charge in [0, 0.05) is 31.7 Å².